The smallest absolute Gasteiger partial charge is 0.243 e. The Morgan fingerprint density at radius 3 is 2.32 bits per heavy atom. The molecule has 1 amide bonds. The summed E-state index contributed by atoms with van der Waals surface area (Å²) in [5, 5.41) is 3.91. The van der Waals surface area contributed by atoms with Gasteiger partial charge in [0, 0.05) is 72.2 Å². The Bertz CT molecular complexity index is 2050. The third-order valence-corrected chi connectivity index (χ3v) is 11.1. The lowest BCUT2D eigenvalue weighted by molar-refractivity contribution is -0.114. The first-order valence-electron chi connectivity index (χ1n) is 14.5. The van der Waals surface area contributed by atoms with Crippen molar-refractivity contribution in [2.24, 2.45) is 0 Å². The minimum atomic E-state index is -3.65. The quantitative estimate of drug-likeness (QED) is 0.225. The second-order valence-corrected chi connectivity index (χ2v) is 14.0. The van der Waals surface area contributed by atoms with Crippen molar-refractivity contribution in [1.82, 2.24) is 18.6 Å². The monoisotopic (exact) mass is 621 g/mol. The van der Waals surface area contributed by atoms with Crippen LogP contribution in [0.3, 0.4) is 0 Å². The molecule has 0 atom stereocenters. The predicted octanol–water partition coefficient (Wildman–Crippen LogP) is 6.35. The summed E-state index contributed by atoms with van der Waals surface area (Å²) in [7, 11) is -3.65. The van der Waals surface area contributed by atoms with Gasteiger partial charge in [-0.15, -0.1) is 11.3 Å². The van der Waals surface area contributed by atoms with Crippen molar-refractivity contribution in [3.8, 4) is 21.7 Å². The molecule has 8 nitrogen and oxygen atoms in total. The number of thiophene rings is 1. The lowest BCUT2D eigenvalue weighted by atomic mass is 10.1. The number of hydrogen-bond acceptors (Lipinski definition) is 6. The first kappa shape index (κ1) is 28.4. The van der Waals surface area contributed by atoms with Gasteiger partial charge in [-0.2, -0.15) is 4.31 Å². The number of carbonyl (C=O) groups excluding carboxylic acids is 1. The van der Waals surface area contributed by atoms with Gasteiger partial charge in [0.05, 0.1) is 16.3 Å². The van der Waals surface area contributed by atoms with Crippen molar-refractivity contribution in [3.05, 3.63) is 109 Å². The van der Waals surface area contributed by atoms with Crippen LogP contribution in [0.2, 0.25) is 0 Å². The third kappa shape index (κ3) is 5.53. The minimum absolute atomic E-state index is 0.200. The topological polar surface area (TPSA) is 87.0 Å². The van der Waals surface area contributed by atoms with E-state index in [9.17, 15) is 13.2 Å². The Labute approximate surface area is 260 Å². The van der Waals surface area contributed by atoms with Crippen LogP contribution in [0.15, 0.2) is 108 Å². The van der Waals surface area contributed by atoms with Gasteiger partial charge in [-0.3, -0.25) is 9.69 Å². The standard InChI is InChI=1S/C34H31N5O3S2/c1-24(40)35-28-12-14-29(15-13-28)44(41,42)38-19-17-37(18-20-38)23-30-34(25-7-3-2-4-8-25)36-33-16-11-27(22-39(30)33)32-21-26-9-5-6-10-31(26)43-32/h2-16,21-22H,17-20,23H2,1H3,(H,35,40). The number of fused-ring (bicyclic) bond motifs is 2. The zero-order valence-electron chi connectivity index (χ0n) is 24.2. The number of amides is 1. The number of benzene rings is 3. The summed E-state index contributed by atoms with van der Waals surface area (Å²) in [6.45, 7) is 4.03. The van der Waals surface area contributed by atoms with E-state index in [0.717, 1.165) is 28.2 Å². The van der Waals surface area contributed by atoms with E-state index in [-0.39, 0.29) is 10.8 Å². The van der Waals surface area contributed by atoms with Gasteiger partial charge in [-0.1, -0.05) is 48.5 Å². The molecule has 7 rings (SSSR count). The van der Waals surface area contributed by atoms with Gasteiger partial charge in [-0.25, -0.2) is 13.4 Å². The number of aromatic nitrogens is 2. The van der Waals surface area contributed by atoms with Gasteiger partial charge in [0.25, 0.3) is 0 Å². The van der Waals surface area contributed by atoms with Crippen LogP contribution in [0.25, 0.3) is 37.4 Å². The Morgan fingerprint density at radius 1 is 0.864 bits per heavy atom. The molecule has 222 valence electrons. The van der Waals surface area contributed by atoms with Crippen LogP contribution in [0.5, 0.6) is 0 Å². The number of pyridine rings is 1. The summed E-state index contributed by atoms with van der Waals surface area (Å²) in [6, 6.07) is 31.4. The van der Waals surface area contributed by atoms with Crippen molar-refractivity contribution >= 4 is 48.7 Å². The molecule has 0 radical (unpaired) electrons. The highest BCUT2D eigenvalue weighted by atomic mass is 32.2. The molecule has 1 fully saturated rings. The van der Waals surface area contributed by atoms with E-state index >= 15 is 0 Å². The molecule has 0 bridgehead atoms. The molecule has 0 spiro atoms. The van der Waals surface area contributed by atoms with E-state index in [2.05, 4.69) is 75.4 Å². The normalized spacial score (nSPS) is 14.8. The zero-order chi connectivity index (χ0) is 30.3. The number of nitrogens with zero attached hydrogens (tertiary/aromatic N) is 4. The van der Waals surface area contributed by atoms with Crippen LogP contribution in [0.1, 0.15) is 12.6 Å². The molecule has 0 aliphatic carbocycles. The number of imidazole rings is 1. The van der Waals surface area contributed by atoms with Crippen LogP contribution in [0, 0.1) is 0 Å². The molecule has 0 saturated carbocycles. The van der Waals surface area contributed by atoms with Crippen molar-refractivity contribution < 1.29 is 13.2 Å². The maximum Gasteiger partial charge on any atom is 0.243 e. The van der Waals surface area contributed by atoms with Gasteiger partial charge in [-0.05, 0) is 53.9 Å². The maximum absolute atomic E-state index is 13.4. The largest absolute Gasteiger partial charge is 0.326 e. The second-order valence-electron chi connectivity index (χ2n) is 11.0. The van der Waals surface area contributed by atoms with Crippen molar-refractivity contribution in [2.45, 2.75) is 18.4 Å². The molecule has 0 unspecified atom stereocenters. The van der Waals surface area contributed by atoms with Crippen molar-refractivity contribution in [2.75, 3.05) is 31.5 Å². The Hall–Kier alpha value is -4.35. The van der Waals surface area contributed by atoms with Gasteiger partial charge in [0.2, 0.25) is 15.9 Å². The maximum atomic E-state index is 13.4. The molecule has 1 saturated heterocycles. The van der Waals surface area contributed by atoms with E-state index in [0.29, 0.717) is 38.4 Å². The number of sulfonamides is 1. The SMILES string of the molecule is CC(=O)Nc1ccc(S(=O)(=O)N2CCN(Cc3c(-c4ccccc4)nc4ccc(-c5cc6ccccc6s5)cn34)CC2)cc1. The van der Waals surface area contributed by atoms with E-state index in [1.54, 1.807) is 39.9 Å². The molecule has 1 N–H and O–H groups in total. The van der Waals surface area contributed by atoms with Crippen LogP contribution < -0.4 is 5.32 Å². The summed E-state index contributed by atoms with van der Waals surface area (Å²) < 4.78 is 31.8. The molecular formula is C34H31N5O3S2. The number of piperazine rings is 1. The predicted molar refractivity (Wildman–Crippen MR) is 176 cm³/mol. The molecule has 6 aromatic rings. The summed E-state index contributed by atoms with van der Waals surface area (Å²) in [5.41, 5.74) is 5.66. The Morgan fingerprint density at radius 2 is 1.59 bits per heavy atom. The first-order valence-corrected chi connectivity index (χ1v) is 16.8. The highest BCUT2D eigenvalue weighted by molar-refractivity contribution is 7.89. The Kier molecular flexibility index (Phi) is 7.51. The first-order chi connectivity index (χ1) is 21.3. The number of carbonyl (C=O) groups is 1. The van der Waals surface area contributed by atoms with Crippen molar-refractivity contribution in [3.63, 3.8) is 0 Å². The molecule has 44 heavy (non-hydrogen) atoms. The molecule has 10 heteroatoms. The number of rotatable bonds is 7. The van der Waals surface area contributed by atoms with Gasteiger partial charge in [0.1, 0.15) is 5.65 Å². The molecule has 3 aromatic carbocycles. The molecular weight excluding hydrogens is 591 g/mol. The highest BCUT2D eigenvalue weighted by Gasteiger charge is 2.29. The average Bonchev–Trinajstić information content (AvgIpc) is 3.63. The van der Waals surface area contributed by atoms with E-state index in [4.69, 9.17) is 4.98 Å². The van der Waals surface area contributed by atoms with Crippen LogP contribution in [-0.2, 0) is 21.4 Å². The minimum Gasteiger partial charge on any atom is -0.326 e. The fraction of sp³-hybridized carbons (Fsp3) is 0.176. The molecule has 4 heterocycles. The fourth-order valence-corrected chi connectivity index (χ4v) is 8.22. The average molecular weight is 622 g/mol. The van der Waals surface area contributed by atoms with E-state index in [1.165, 1.54) is 21.9 Å². The summed E-state index contributed by atoms with van der Waals surface area (Å²) >= 11 is 1.78. The lowest BCUT2D eigenvalue weighted by Crippen LogP contribution is -2.48. The molecule has 1 aliphatic heterocycles. The van der Waals surface area contributed by atoms with E-state index in [1.807, 2.05) is 18.2 Å². The Balaban J connectivity index is 1.15. The number of anilines is 1. The molecule has 3 aromatic heterocycles. The van der Waals surface area contributed by atoms with Gasteiger partial charge in [0.15, 0.2) is 0 Å². The lowest BCUT2D eigenvalue weighted by Gasteiger charge is -2.34. The van der Waals surface area contributed by atoms with Crippen LogP contribution in [0.4, 0.5) is 5.69 Å². The summed E-state index contributed by atoms with van der Waals surface area (Å²) in [5.74, 6) is -0.200. The van der Waals surface area contributed by atoms with Gasteiger partial charge < -0.3 is 9.72 Å². The molecule has 1 aliphatic rings. The fourth-order valence-electron chi connectivity index (χ4n) is 5.74. The summed E-state index contributed by atoms with van der Waals surface area (Å²) in [6.07, 6.45) is 2.18. The van der Waals surface area contributed by atoms with Crippen LogP contribution >= 0.6 is 11.3 Å². The van der Waals surface area contributed by atoms with E-state index < -0.39 is 10.0 Å². The highest BCUT2D eigenvalue weighted by Crippen LogP contribution is 2.35. The van der Waals surface area contributed by atoms with Crippen LogP contribution in [-0.4, -0.2) is 59.1 Å². The number of nitrogens with one attached hydrogen (secondary N) is 1. The third-order valence-electron chi connectivity index (χ3n) is 7.99. The summed E-state index contributed by atoms with van der Waals surface area (Å²) in [4.78, 5) is 20.1. The zero-order valence-corrected chi connectivity index (χ0v) is 25.8. The number of hydrogen-bond donors (Lipinski definition) is 1. The second kappa shape index (κ2) is 11.6. The van der Waals surface area contributed by atoms with Gasteiger partial charge >= 0.3 is 0 Å². The van der Waals surface area contributed by atoms with Crippen molar-refractivity contribution in [1.29, 1.82) is 0 Å².